The van der Waals surface area contributed by atoms with Crippen LogP contribution in [-0.2, 0) is 30.9 Å². The average molecular weight is 584 g/mol. The lowest BCUT2D eigenvalue weighted by atomic mass is 10.0. The van der Waals surface area contributed by atoms with Gasteiger partial charge in [0.25, 0.3) is 0 Å². The third-order valence-electron chi connectivity index (χ3n) is 6.14. The lowest BCUT2D eigenvalue weighted by molar-refractivity contribution is -0.149. The molecule has 0 aliphatic heterocycles. The van der Waals surface area contributed by atoms with Gasteiger partial charge in [0.2, 0.25) is 21.5 Å². The summed E-state index contributed by atoms with van der Waals surface area (Å²) in [6, 6.07) is 14.6. The van der Waals surface area contributed by atoms with E-state index in [0.29, 0.717) is 22.2 Å². The Morgan fingerprint density at radius 2 is 1.88 bits per heavy atom. The molecular weight excluding hydrogens is 554 g/mol. The molecule has 1 amide bonds. The number of fused-ring (bicyclic) bond motifs is 1. The first kappa shape index (κ1) is 29.0. The second kappa shape index (κ2) is 12.5. The molecule has 4 aromatic rings. The topological polar surface area (TPSA) is 135 Å². The molecule has 40 heavy (non-hydrogen) atoms. The van der Waals surface area contributed by atoms with Crippen molar-refractivity contribution in [2.24, 2.45) is 0 Å². The predicted molar refractivity (Wildman–Crippen MR) is 152 cm³/mol. The molecular formula is C28H29N3O7S2. The lowest BCUT2D eigenvalue weighted by Gasteiger charge is -2.28. The van der Waals surface area contributed by atoms with Crippen LogP contribution in [0.1, 0.15) is 29.0 Å². The van der Waals surface area contributed by atoms with E-state index in [1.165, 1.54) is 41.5 Å². The molecule has 0 bridgehead atoms. The Hall–Kier alpha value is -4.00. The number of benzene rings is 2. The van der Waals surface area contributed by atoms with Crippen molar-refractivity contribution < 1.29 is 27.5 Å². The molecule has 210 valence electrons. The van der Waals surface area contributed by atoms with Crippen molar-refractivity contribution in [1.29, 1.82) is 0 Å². The fourth-order valence-electron chi connectivity index (χ4n) is 4.30. The summed E-state index contributed by atoms with van der Waals surface area (Å²) in [5, 5.41) is 2.35. The predicted octanol–water partition coefficient (Wildman–Crippen LogP) is 3.52. The van der Waals surface area contributed by atoms with Gasteiger partial charge in [0.15, 0.2) is 0 Å². The van der Waals surface area contributed by atoms with E-state index in [1.54, 1.807) is 44.2 Å². The van der Waals surface area contributed by atoms with Gasteiger partial charge in [-0.25, -0.2) is 8.42 Å². The van der Waals surface area contributed by atoms with Gasteiger partial charge >= 0.3 is 5.97 Å². The van der Waals surface area contributed by atoms with Gasteiger partial charge in [-0.2, -0.15) is 4.72 Å². The fourth-order valence-corrected chi connectivity index (χ4v) is 6.45. The van der Waals surface area contributed by atoms with Gasteiger partial charge in [0.05, 0.1) is 25.2 Å². The van der Waals surface area contributed by atoms with Crippen molar-refractivity contribution in [3.05, 3.63) is 92.4 Å². The van der Waals surface area contributed by atoms with Crippen LogP contribution < -0.4 is 15.0 Å². The molecule has 0 spiro atoms. The number of amides is 1. The van der Waals surface area contributed by atoms with Gasteiger partial charge in [-0.05, 0) is 60.5 Å². The first-order valence-corrected chi connectivity index (χ1v) is 14.7. The Morgan fingerprint density at radius 3 is 2.58 bits per heavy atom. The molecule has 2 aromatic carbocycles. The monoisotopic (exact) mass is 583 g/mol. The molecule has 0 aliphatic rings. The lowest BCUT2D eigenvalue weighted by Crippen LogP contribution is -2.45. The number of hydrogen-bond donors (Lipinski definition) is 2. The number of aromatic nitrogens is 1. The minimum atomic E-state index is -4.30. The van der Waals surface area contributed by atoms with Crippen LogP contribution in [0.2, 0.25) is 0 Å². The van der Waals surface area contributed by atoms with Gasteiger partial charge in [-0.3, -0.25) is 14.4 Å². The summed E-state index contributed by atoms with van der Waals surface area (Å²) >= 11 is 1.40. The Labute approximate surface area is 235 Å². The van der Waals surface area contributed by atoms with Crippen LogP contribution in [0.3, 0.4) is 0 Å². The molecule has 12 heteroatoms. The normalized spacial score (nSPS) is 12.2. The zero-order valence-corrected chi connectivity index (χ0v) is 23.8. The van der Waals surface area contributed by atoms with E-state index >= 15 is 0 Å². The number of ether oxygens (including phenoxy) is 2. The Balaban J connectivity index is 1.79. The largest absolute Gasteiger partial charge is 0.496 e. The number of nitrogens with one attached hydrogen (secondary N) is 2. The quantitative estimate of drug-likeness (QED) is 0.258. The smallest absolute Gasteiger partial charge is 0.325 e. The van der Waals surface area contributed by atoms with Crippen LogP contribution in [0.25, 0.3) is 10.9 Å². The van der Waals surface area contributed by atoms with E-state index in [-0.39, 0.29) is 35.7 Å². The van der Waals surface area contributed by atoms with Crippen LogP contribution in [0, 0.1) is 6.92 Å². The highest BCUT2D eigenvalue weighted by Gasteiger charge is 2.34. The maximum Gasteiger partial charge on any atom is 0.325 e. The SMILES string of the molecule is CCOC(=O)CN(Cc1cccs1)C(=O)[C@@H](NS(=O)(=O)c1cc2ccc(=O)[nH]c2cc1C)c1ccccc1OC. The van der Waals surface area contributed by atoms with E-state index < -0.39 is 27.9 Å². The molecule has 1 atom stereocenters. The summed E-state index contributed by atoms with van der Waals surface area (Å²) < 4.78 is 40.8. The highest BCUT2D eigenvalue weighted by molar-refractivity contribution is 7.89. The van der Waals surface area contributed by atoms with Gasteiger partial charge in [0, 0.05) is 22.0 Å². The molecule has 0 fully saturated rings. The molecule has 0 saturated carbocycles. The summed E-state index contributed by atoms with van der Waals surface area (Å²) in [6.45, 7) is 3.10. The van der Waals surface area contributed by atoms with Crippen molar-refractivity contribution in [3.8, 4) is 5.75 Å². The van der Waals surface area contributed by atoms with Gasteiger partial charge in [-0.15, -0.1) is 11.3 Å². The first-order chi connectivity index (χ1) is 19.1. The number of carbonyl (C=O) groups excluding carboxylic acids is 2. The van der Waals surface area contributed by atoms with Crippen LogP contribution in [-0.4, -0.2) is 50.4 Å². The molecule has 10 nitrogen and oxygen atoms in total. The van der Waals surface area contributed by atoms with Crippen molar-refractivity contribution in [3.63, 3.8) is 0 Å². The van der Waals surface area contributed by atoms with Crippen LogP contribution >= 0.6 is 11.3 Å². The fraction of sp³-hybridized carbons (Fsp3) is 0.250. The maximum atomic E-state index is 14.1. The number of aryl methyl sites for hydroxylation is 1. The van der Waals surface area contributed by atoms with Crippen molar-refractivity contribution in [2.75, 3.05) is 20.3 Å². The van der Waals surface area contributed by atoms with E-state index in [1.807, 2.05) is 17.5 Å². The third-order valence-corrected chi connectivity index (χ3v) is 8.57. The summed E-state index contributed by atoms with van der Waals surface area (Å²) in [5.41, 5.74) is 0.823. The summed E-state index contributed by atoms with van der Waals surface area (Å²) in [4.78, 5) is 43.0. The second-order valence-electron chi connectivity index (χ2n) is 8.90. The number of sulfonamides is 1. The minimum absolute atomic E-state index is 0.0602. The summed E-state index contributed by atoms with van der Waals surface area (Å²) in [7, 11) is -2.88. The van der Waals surface area contributed by atoms with Crippen LogP contribution in [0.5, 0.6) is 5.75 Å². The van der Waals surface area contributed by atoms with Gasteiger partial charge in [0.1, 0.15) is 18.3 Å². The molecule has 0 unspecified atom stereocenters. The maximum absolute atomic E-state index is 14.1. The Morgan fingerprint density at radius 1 is 1.10 bits per heavy atom. The number of methoxy groups -OCH3 is 1. The number of rotatable bonds is 11. The van der Waals surface area contributed by atoms with E-state index in [0.717, 1.165) is 4.88 Å². The zero-order chi connectivity index (χ0) is 28.9. The number of nitrogens with zero attached hydrogens (tertiary/aromatic N) is 1. The standard InChI is InChI=1S/C28H29N3O7S2/c1-4-38-26(33)17-31(16-20-8-7-13-39-20)28(34)27(21-9-5-6-10-23(21)37-3)30-40(35,36)24-15-19-11-12-25(32)29-22(19)14-18(24)2/h5-15,27,30H,4,16-17H2,1-3H3,(H,29,32)/t27-/m0/s1. The van der Waals surface area contributed by atoms with Crippen LogP contribution in [0.15, 0.2) is 75.7 Å². The van der Waals surface area contributed by atoms with E-state index in [9.17, 15) is 22.8 Å². The molecule has 2 heterocycles. The van der Waals surface area contributed by atoms with E-state index in [2.05, 4.69) is 9.71 Å². The molecule has 0 saturated heterocycles. The highest BCUT2D eigenvalue weighted by Crippen LogP contribution is 2.30. The Bertz CT molecular complexity index is 1680. The molecule has 0 radical (unpaired) electrons. The zero-order valence-electron chi connectivity index (χ0n) is 22.2. The number of aromatic amines is 1. The number of carbonyl (C=O) groups is 2. The van der Waals surface area contributed by atoms with E-state index in [4.69, 9.17) is 9.47 Å². The van der Waals surface area contributed by atoms with Crippen molar-refractivity contribution in [1.82, 2.24) is 14.6 Å². The minimum Gasteiger partial charge on any atom is -0.496 e. The molecule has 2 N–H and O–H groups in total. The third kappa shape index (κ3) is 6.58. The van der Waals surface area contributed by atoms with Crippen LogP contribution in [0.4, 0.5) is 0 Å². The molecule has 0 aliphatic carbocycles. The van der Waals surface area contributed by atoms with Gasteiger partial charge < -0.3 is 19.4 Å². The number of para-hydroxylation sites is 1. The molecule has 2 aromatic heterocycles. The first-order valence-electron chi connectivity index (χ1n) is 12.4. The second-order valence-corrected chi connectivity index (χ2v) is 11.6. The summed E-state index contributed by atoms with van der Waals surface area (Å²) in [5.74, 6) is -0.978. The summed E-state index contributed by atoms with van der Waals surface area (Å²) in [6.07, 6.45) is 0. The number of hydrogen-bond acceptors (Lipinski definition) is 8. The average Bonchev–Trinajstić information content (AvgIpc) is 3.44. The highest BCUT2D eigenvalue weighted by atomic mass is 32.2. The van der Waals surface area contributed by atoms with Crippen molar-refractivity contribution >= 4 is 44.1 Å². The van der Waals surface area contributed by atoms with Gasteiger partial charge in [-0.1, -0.05) is 24.3 Å². The molecule has 4 rings (SSSR count). The number of pyridine rings is 1. The Kier molecular flexibility index (Phi) is 9.03. The number of H-pyrrole nitrogens is 1. The number of esters is 1. The van der Waals surface area contributed by atoms with Crippen molar-refractivity contribution in [2.45, 2.75) is 31.3 Å². The number of thiophene rings is 1.